The summed E-state index contributed by atoms with van der Waals surface area (Å²) >= 11 is 0. The Bertz CT molecular complexity index is 733. The minimum atomic E-state index is -0.159. The third-order valence-corrected chi connectivity index (χ3v) is 5.70. The van der Waals surface area contributed by atoms with Gasteiger partial charge in [0.15, 0.2) is 0 Å². The Balaban J connectivity index is 1.49. The van der Waals surface area contributed by atoms with Crippen LogP contribution in [0, 0.1) is 0 Å². The summed E-state index contributed by atoms with van der Waals surface area (Å²) in [5.74, 6) is 0.904. The van der Waals surface area contributed by atoms with Crippen LogP contribution in [-0.4, -0.2) is 69.6 Å². The van der Waals surface area contributed by atoms with Gasteiger partial charge in [-0.25, -0.2) is 0 Å². The van der Waals surface area contributed by atoms with Gasteiger partial charge in [0, 0.05) is 56.2 Å². The number of aliphatic hydroxyl groups is 1. The van der Waals surface area contributed by atoms with E-state index in [1.54, 1.807) is 13.3 Å². The summed E-state index contributed by atoms with van der Waals surface area (Å²) < 4.78 is 7.46. The molecule has 3 atom stereocenters. The maximum absolute atomic E-state index is 9.96. The van der Waals surface area contributed by atoms with E-state index >= 15 is 0 Å². The zero-order valence-corrected chi connectivity index (χ0v) is 15.6. The van der Waals surface area contributed by atoms with Gasteiger partial charge < -0.3 is 9.84 Å². The molecule has 140 valence electrons. The van der Waals surface area contributed by atoms with Gasteiger partial charge in [-0.1, -0.05) is 6.07 Å². The second kappa shape index (κ2) is 7.39. The number of piperazine rings is 1. The summed E-state index contributed by atoms with van der Waals surface area (Å²) in [6, 6.07) is 9.38. The molecule has 2 saturated heterocycles. The molecule has 1 N–H and O–H groups in total. The zero-order chi connectivity index (χ0) is 18.1. The minimum absolute atomic E-state index is 0.159. The lowest BCUT2D eigenvalue weighted by molar-refractivity contribution is 0.0528. The summed E-state index contributed by atoms with van der Waals surface area (Å²) in [5, 5.41) is 14.3. The average Bonchev–Trinajstić information content (AvgIpc) is 3.24. The second-order valence-corrected chi connectivity index (χ2v) is 7.63. The van der Waals surface area contributed by atoms with E-state index in [0.717, 1.165) is 43.9 Å². The van der Waals surface area contributed by atoms with Crippen LogP contribution in [0.3, 0.4) is 0 Å². The lowest BCUT2D eigenvalue weighted by Gasteiger charge is -2.42. The molecule has 3 heterocycles. The molecule has 1 aromatic heterocycles. The van der Waals surface area contributed by atoms with Gasteiger partial charge >= 0.3 is 0 Å². The van der Waals surface area contributed by atoms with Crippen LogP contribution < -0.4 is 4.74 Å². The fraction of sp³-hybridized carbons (Fsp3) is 0.550. The Labute approximate surface area is 155 Å². The average molecular weight is 356 g/mol. The number of hydrogen-bond donors (Lipinski definition) is 1. The van der Waals surface area contributed by atoms with Crippen molar-refractivity contribution >= 4 is 0 Å². The smallest absolute Gasteiger partial charge is 0.123 e. The first kappa shape index (κ1) is 17.5. The normalized spacial score (nSPS) is 26.8. The molecule has 0 spiro atoms. The van der Waals surface area contributed by atoms with Gasteiger partial charge in [-0.3, -0.25) is 14.5 Å². The van der Waals surface area contributed by atoms with E-state index in [2.05, 4.69) is 40.0 Å². The van der Waals surface area contributed by atoms with Gasteiger partial charge in [-0.15, -0.1) is 0 Å². The first-order valence-electron chi connectivity index (χ1n) is 9.41. The van der Waals surface area contributed by atoms with Gasteiger partial charge in [0.2, 0.25) is 0 Å². The van der Waals surface area contributed by atoms with Crippen LogP contribution in [0.4, 0.5) is 0 Å². The highest BCUT2D eigenvalue weighted by atomic mass is 16.5. The molecule has 1 aromatic carbocycles. The number of aliphatic hydroxyl groups excluding tert-OH is 1. The van der Waals surface area contributed by atoms with Crippen molar-refractivity contribution in [2.24, 2.45) is 0 Å². The Morgan fingerprint density at radius 3 is 2.88 bits per heavy atom. The highest BCUT2D eigenvalue weighted by molar-refractivity contribution is 5.37. The predicted molar refractivity (Wildman–Crippen MR) is 100 cm³/mol. The summed E-state index contributed by atoms with van der Waals surface area (Å²) in [4.78, 5) is 4.99. The minimum Gasteiger partial charge on any atom is -0.496 e. The van der Waals surface area contributed by atoms with Crippen molar-refractivity contribution in [1.82, 2.24) is 19.6 Å². The number of nitrogens with zero attached hydrogens (tertiary/aromatic N) is 4. The summed E-state index contributed by atoms with van der Waals surface area (Å²) in [5.41, 5.74) is 2.45. The summed E-state index contributed by atoms with van der Waals surface area (Å²) in [6.45, 7) is 6.82. The summed E-state index contributed by atoms with van der Waals surface area (Å²) in [7, 11) is 1.72. The standard InChI is InChI=1S/C20H28N4O2/c1-15-10-23-14-19(25)9-18(23)13-22(15)11-16-4-5-20(26-2)17(8-16)12-24-7-3-6-21-24/h3-8,15,18-19,25H,9-14H2,1-2H3/t15-,18?,19+/m0/s1. The fourth-order valence-electron chi connectivity index (χ4n) is 4.35. The molecule has 0 amide bonds. The Hall–Kier alpha value is -1.89. The predicted octanol–water partition coefficient (Wildman–Crippen LogP) is 1.58. The number of ether oxygens (including phenoxy) is 1. The largest absolute Gasteiger partial charge is 0.496 e. The molecule has 4 rings (SSSR count). The van der Waals surface area contributed by atoms with Gasteiger partial charge in [0.25, 0.3) is 0 Å². The molecule has 1 unspecified atom stereocenters. The van der Waals surface area contributed by atoms with Crippen molar-refractivity contribution in [3.63, 3.8) is 0 Å². The van der Waals surface area contributed by atoms with E-state index < -0.39 is 0 Å². The number of hydrogen-bond acceptors (Lipinski definition) is 5. The van der Waals surface area contributed by atoms with Gasteiger partial charge in [-0.2, -0.15) is 5.10 Å². The van der Waals surface area contributed by atoms with Gasteiger partial charge in [0.1, 0.15) is 5.75 Å². The van der Waals surface area contributed by atoms with E-state index in [1.165, 1.54) is 5.56 Å². The van der Waals surface area contributed by atoms with E-state index in [-0.39, 0.29) is 6.10 Å². The third kappa shape index (κ3) is 3.63. The molecule has 6 heteroatoms. The van der Waals surface area contributed by atoms with Crippen molar-refractivity contribution in [2.45, 2.75) is 44.6 Å². The maximum atomic E-state index is 9.96. The van der Waals surface area contributed by atoms with E-state index in [4.69, 9.17) is 4.74 Å². The van der Waals surface area contributed by atoms with Crippen LogP contribution in [0.2, 0.25) is 0 Å². The second-order valence-electron chi connectivity index (χ2n) is 7.63. The van der Waals surface area contributed by atoms with E-state index in [0.29, 0.717) is 18.6 Å². The van der Waals surface area contributed by atoms with Crippen LogP contribution >= 0.6 is 0 Å². The highest BCUT2D eigenvalue weighted by Gasteiger charge is 2.37. The van der Waals surface area contributed by atoms with Crippen molar-refractivity contribution < 1.29 is 9.84 Å². The molecular weight excluding hydrogens is 328 g/mol. The number of methoxy groups -OCH3 is 1. The van der Waals surface area contributed by atoms with Crippen LogP contribution in [0.25, 0.3) is 0 Å². The number of aromatic nitrogens is 2. The Kier molecular flexibility index (Phi) is 4.98. The molecule has 26 heavy (non-hydrogen) atoms. The molecule has 2 aromatic rings. The molecule has 2 aliphatic heterocycles. The van der Waals surface area contributed by atoms with Crippen LogP contribution in [0.1, 0.15) is 24.5 Å². The van der Waals surface area contributed by atoms with E-state index in [9.17, 15) is 5.11 Å². The lowest BCUT2D eigenvalue weighted by atomic mass is 10.0. The van der Waals surface area contributed by atoms with Gasteiger partial charge in [-0.05, 0) is 37.1 Å². The maximum Gasteiger partial charge on any atom is 0.123 e. The molecule has 0 aliphatic carbocycles. The highest BCUT2D eigenvalue weighted by Crippen LogP contribution is 2.27. The Morgan fingerprint density at radius 2 is 2.12 bits per heavy atom. The zero-order valence-electron chi connectivity index (χ0n) is 15.6. The topological polar surface area (TPSA) is 53.8 Å². The molecule has 0 bridgehead atoms. The third-order valence-electron chi connectivity index (χ3n) is 5.70. The lowest BCUT2D eigenvalue weighted by Crippen LogP contribution is -2.54. The van der Waals surface area contributed by atoms with Crippen molar-refractivity contribution in [3.8, 4) is 5.75 Å². The first-order valence-corrected chi connectivity index (χ1v) is 9.41. The van der Waals surface area contributed by atoms with E-state index in [1.807, 2.05) is 16.9 Å². The van der Waals surface area contributed by atoms with Crippen molar-refractivity contribution in [1.29, 1.82) is 0 Å². The number of benzene rings is 1. The monoisotopic (exact) mass is 356 g/mol. The first-order chi connectivity index (χ1) is 12.6. The van der Waals surface area contributed by atoms with Crippen LogP contribution in [-0.2, 0) is 13.1 Å². The van der Waals surface area contributed by atoms with Crippen LogP contribution in [0.15, 0.2) is 36.7 Å². The van der Waals surface area contributed by atoms with Crippen molar-refractivity contribution in [2.75, 3.05) is 26.7 Å². The molecule has 0 radical (unpaired) electrons. The molecule has 2 aliphatic rings. The number of rotatable bonds is 5. The number of fused-ring (bicyclic) bond motifs is 1. The van der Waals surface area contributed by atoms with Gasteiger partial charge in [0.05, 0.1) is 19.8 Å². The van der Waals surface area contributed by atoms with Crippen LogP contribution in [0.5, 0.6) is 5.75 Å². The molecule has 2 fully saturated rings. The fourth-order valence-corrected chi connectivity index (χ4v) is 4.35. The quantitative estimate of drug-likeness (QED) is 0.882. The summed E-state index contributed by atoms with van der Waals surface area (Å²) in [6.07, 6.45) is 4.51. The molecule has 0 saturated carbocycles. The molecular formula is C20H28N4O2. The Morgan fingerprint density at radius 1 is 1.23 bits per heavy atom. The SMILES string of the molecule is COc1ccc(CN2CC3C[C@@H](O)CN3C[C@@H]2C)cc1Cn1cccn1. The molecule has 6 nitrogen and oxygen atoms in total. The van der Waals surface area contributed by atoms with Crippen molar-refractivity contribution in [3.05, 3.63) is 47.8 Å².